The lowest BCUT2D eigenvalue weighted by molar-refractivity contribution is -0.115. The van der Waals surface area contributed by atoms with E-state index >= 15 is 0 Å². The lowest BCUT2D eigenvalue weighted by Gasteiger charge is -2.18. The van der Waals surface area contributed by atoms with E-state index in [0.717, 1.165) is 32.0 Å². The van der Waals surface area contributed by atoms with Crippen LogP contribution in [-0.2, 0) is 4.79 Å². The summed E-state index contributed by atoms with van der Waals surface area (Å²) in [6.45, 7) is 0. The molecular formula is C9H12Cl2O. The first kappa shape index (κ1) is 10.1. The number of aldehydes is 1. The summed E-state index contributed by atoms with van der Waals surface area (Å²) < 4.78 is 0.267. The van der Waals surface area contributed by atoms with Crippen LogP contribution < -0.4 is 0 Å². The van der Waals surface area contributed by atoms with Crippen molar-refractivity contribution < 1.29 is 4.79 Å². The van der Waals surface area contributed by atoms with E-state index in [1.807, 2.05) is 0 Å². The van der Waals surface area contributed by atoms with E-state index in [-0.39, 0.29) is 9.91 Å². The zero-order valence-electron chi connectivity index (χ0n) is 6.85. The number of carbonyl (C=O) groups excluding carboxylic acids is 1. The van der Waals surface area contributed by atoms with E-state index in [1.165, 1.54) is 0 Å². The minimum atomic E-state index is -0.158. The molecule has 0 N–H and O–H groups in total. The molecule has 0 aromatic heterocycles. The van der Waals surface area contributed by atoms with Crippen LogP contribution in [0.25, 0.3) is 0 Å². The molecule has 0 bridgehead atoms. The third kappa shape index (κ3) is 2.49. The first-order chi connectivity index (χ1) is 5.68. The summed E-state index contributed by atoms with van der Waals surface area (Å²) in [4.78, 5) is 10.8. The van der Waals surface area contributed by atoms with Gasteiger partial charge in [0.2, 0.25) is 0 Å². The van der Waals surface area contributed by atoms with Gasteiger partial charge in [-0.15, -0.1) is 0 Å². The molecular weight excluding hydrogens is 195 g/mol. The first-order valence-corrected chi connectivity index (χ1v) is 4.92. The molecule has 1 nitrogen and oxygen atoms in total. The Kier molecular flexibility index (Phi) is 3.60. The monoisotopic (exact) mass is 206 g/mol. The van der Waals surface area contributed by atoms with Crippen molar-refractivity contribution in [1.29, 1.82) is 0 Å². The van der Waals surface area contributed by atoms with Gasteiger partial charge in [-0.2, -0.15) is 0 Å². The molecule has 0 aliphatic heterocycles. The molecule has 0 aromatic carbocycles. The first-order valence-electron chi connectivity index (χ1n) is 4.16. The van der Waals surface area contributed by atoms with Gasteiger partial charge in [-0.25, -0.2) is 0 Å². The lowest BCUT2D eigenvalue weighted by Crippen LogP contribution is -2.16. The van der Waals surface area contributed by atoms with E-state index in [1.54, 1.807) is 6.08 Å². The van der Waals surface area contributed by atoms with Crippen molar-refractivity contribution in [2.75, 3.05) is 0 Å². The molecule has 0 aromatic rings. The van der Waals surface area contributed by atoms with Gasteiger partial charge in [0, 0.05) is 5.41 Å². The summed E-state index contributed by atoms with van der Waals surface area (Å²) in [5.41, 5.74) is -0.158. The van der Waals surface area contributed by atoms with Gasteiger partial charge < -0.3 is 4.79 Å². The predicted molar refractivity (Wildman–Crippen MR) is 51.4 cm³/mol. The summed E-state index contributed by atoms with van der Waals surface area (Å²) >= 11 is 11.0. The van der Waals surface area contributed by atoms with Gasteiger partial charge in [-0.3, -0.25) is 0 Å². The molecule has 3 heteroatoms. The summed E-state index contributed by atoms with van der Waals surface area (Å²) in [7, 11) is 0. The number of rotatable bonds is 3. The average Bonchev–Trinajstić information content (AvgIpc) is 2.50. The fourth-order valence-corrected chi connectivity index (χ4v) is 1.88. The SMILES string of the molecule is O=CC1(CC=C(Cl)Cl)CCCC1. The maximum absolute atomic E-state index is 10.8. The molecule has 0 amide bonds. The van der Waals surface area contributed by atoms with E-state index in [2.05, 4.69) is 0 Å². The zero-order valence-corrected chi connectivity index (χ0v) is 8.37. The lowest BCUT2D eigenvalue weighted by atomic mass is 9.85. The van der Waals surface area contributed by atoms with Crippen LogP contribution in [0.15, 0.2) is 10.6 Å². The van der Waals surface area contributed by atoms with Crippen LogP contribution >= 0.6 is 23.2 Å². The number of allylic oxidation sites excluding steroid dienone is 1. The van der Waals surface area contributed by atoms with Gasteiger partial charge in [0.15, 0.2) is 0 Å². The van der Waals surface area contributed by atoms with Crippen molar-refractivity contribution >= 4 is 29.5 Å². The summed E-state index contributed by atoms with van der Waals surface area (Å²) in [5.74, 6) is 0. The highest BCUT2D eigenvalue weighted by atomic mass is 35.5. The third-order valence-corrected chi connectivity index (χ3v) is 2.82. The Morgan fingerprint density at radius 1 is 1.33 bits per heavy atom. The molecule has 0 atom stereocenters. The smallest absolute Gasteiger partial charge is 0.126 e. The molecule has 1 aliphatic carbocycles. The second-order valence-corrected chi connectivity index (χ2v) is 4.39. The Morgan fingerprint density at radius 2 is 1.92 bits per heavy atom. The molecule has 1 fully saturated rings. The molecule has 0 spiro atoms. The highest BCUT2D eigenvalue weighted by Crippen LogP contribution is 2.39. The van der Waals surface area contributed by atoms with E-state index in [0.29, 0.717) is 6.42 Å². The van der Waals surface area contributed by atoms with Crippen LogP contribution in [0.4, 0.5) is 0 Å². The largest absolute Gasteiger partial charge is 0.303 e. The van der Waals surface area contributed by atoms with Crippen molar-refractivity contribution in [3.63, 3.8) is 0 Å². The number of hydrogen-bond acceptors (Lipinski definition) is 1. The van der Waals surface area contributed by atoms with Crippen LogP contribution in [-0.4, -0.2) is 6.29 Å². The van der Waals surface area contributed by atoms with Crippen LogP contribution in [0.3, 0.4) is 0 Å². The Balaban J connectivity index is 2.55. The minimum absolute atomic E-state index is 0.158. The maximum atomic E-state index is 10.8. The van der Waals surface area contributed by atoms with Crippen molar-refractivity contribution in [2.24, 2.45) is 5.41 Å². The van der Waals surface area contributed by atoms with Gasteiger partial charge in [-0.1, -0.05) is 42.1 Å². The predicted octanol–water partition coefficient (Wildman–Crippen LogP) is 3.45. The van der Waals surface area contributed by atoms with Gasteiger partial charge in [0.25, 0.3) is 0 Å². The van der Waals surface area contributed by atoms with Gasteiger partial charge in [-0.05, 0) is 19.3 Å². The molecule has 1 rings (SSSR count). The van der Waals surface area contributed by atoms with Gasteiger partial charge in [0.05, 0.1) is 0 Å². The molecule has 1 saturated carbocycles. The van der Waals surface area contributed by atoms with E-state index in [9.17, 15) is 4.79 Å². The average molecular weight is 207 g/mol. The van der Waals surface area contributed by atoms with Crippen LogP contribution in [0.5, 0.6) is 0 Å². The summed E-state index contributed by atoms with van der Waals surface area (Å²) in [6.07, 6.45) is 7.73. The number of hydrogen-bond donors (Lipinski definition) is 0. The highest BCUT2D eigenvalue weighted by molar-refractivity contribution is 6.55. The zero-order chi connectivity index (χ0) is 9.03. The molecule has 0 heterocycles. The van der Waals surface area contributed by atoms with E-state index in [4.69, 9.17) is 23.2 Å². The molecule has 12 heavy (non-hydrogen) atoms. The Hall–Kier alpha value is -0.0100. The van der Waals surface area contributed by atoms with Crippen molar-refractivity contribution in [2.45, 2.75) is 32.1 Å². The summed E-state index contributed by atoms with van der Waals surface area (Å²) in [5, 5.41) is 0. The summed E-state index contributed by atoms with van der Waals surface area (Å²) in [6, 6.07) is 0. The van der Waals surface area contributed by atoms with Crippen molar-refractivity contribution in [1.82, 2.24) is 0 Å². The standard InChI is InChI=1S/C9H12Cl2O/c10-8(11)3-6-9(7-12)4-1-2-5-9/h3,7H,1-2,4-6H2. The van der Waals surface area contributed by atoms with Gasteiger partial charge >= 0.3 is 0 Å². The Morgan fingerprint density at radius 3 is 2.33 bits per heavy atom. The topological polar surface area (TPSA) is 17.1 Å². The fourth-order valence-electron chi connectivity index (χ4n) is 1.73. The molecule has 1 aliphatic rings. The minimum Gasteiger partial charge on any atom is -0.303 e. The Bertz CT molecular complexity index is 189. The van der Waals surface area contributed by atoms with Crippen LogP contribution in [0, 0.1) is 5.41 Å². The molecule has 68 valence electrons. The second-order valence-electron chi connectivity index (χ2n) is 3.39. The molecule has 0 radical (unpaired) electrons. The molecule has 0 unspecified atom stereocenters. The quantitative estimate of drug-likeness (QED) is 0.647. The van der Waals surface area contributed by atoms with Gasteiger partial charge in [0.1, 0.15) is 10.8 Å². The molecule has 0 saturated heterocycles. The van der Waals surface area contributed by atoms with E-state index < -0.39 is 0 Å². The Labute approximate surface area is 82.7 Å². The number of carbonyl (C=O) groups is 1. The normalized spacial score (nSPS) is 20.5. The second kappa shape index (κ2) is 4.29. The van der Waals surface area contributed by atoms with Crippen molar-refractivity contribution in [3.8, 4) is 0 Å². The fraction of sp³-hybridized carbons (Fsp3) is 0.667. The van der Waals surface area contributed by atoms with Crippen LogP contribution in [0.2, 0.25) is 0 Å². The highest BCUT2D eigenvalue weighted by Gasteiger charge is 2.32. The van der Waals surface area contributed by atoms with Crippen LogP contribution in [0.1, 0.15) is 32.1 Å². The maximum Gasteiger partial charge on any atom is 0.126 e. The number of halogens is 2. The van der Waals surface area contributed by atoms with Crippen molar-refractivity contribution in [3.05, 3.63) is 10.6 Å². The third-order valence-electron chi connectivity index (χ3n) is 2.51.